The number of carbonyl (C=O) groups excluding carboxylic acids is 1. The molecule has 1 unspecified atom stereocenters. The smallest absolute Gasteiger partial charge is 0.222 e. The van der Waals surface area contributed by atoms with Gasteiger partial charge in [-0.1, -0.05) is 36.4 Å². The number of aryl methyl sites for hydroxylation is 1. The van der Waals surface area contributed by atoms with Crippen LogP contribution in [0, 0.1) is 0 Å². The fourth-order valence-electron chi connectivity index (χ4n) is 4.40. The number of nitrogens with zero attached hydrogens (tertiary/aromatic N) is 1. The standard InChI is InChI=1S/C27H37NO4/c1-30-25-16-14-23(21-26(25)31-2)13-15-24-11-6-7-18-28(24)27(29)12-8-19-32-20-17-22-9-4-3-5-10-22/h3-5,9-10,14,16,21,24H,6-8,11-13,15,17-20H2,1-2H3. The molecular formula is C27H37NO4. The minimum Gasteiger partial charge on any atom is -0.493 e. The van der Waals surface area contributed by atoms with Crippen molar-refractivity contribution in [1.82, 2.24) is 4.90 Å². The number of hydrogen-bond acceptors (Lipinski definition) is 4. The Bertz CT molecular complexity index is 824. The van der Waals surface area contributed by atoms with E-state index in [1.807, 2.05) is 30.3 Å². The number of piperidine rings is 1. The molecule has 32 heavy (non-hydrogen) atoms. The minimum absolute atomic E-state index is 0.272. The van der Waals surface area contributed by atoms with Gasteiger partial charge >= 0.3 is 0 Å². The molecule has 5 heteroatoms. The third-order valence-electron chi connectivity index (χ3n) is 6.22. The lowest BCUT2D eigenvalue weighted by Gasteiger charge is -2.36. The molecule has 1 saturated heterocycles. The fourth-order valence-corrected chi connectivity index (χ4v) is 4.40. The van der Waals surface area contributed by atoms with Gasteiger partial charge in [-0.15, -0.1) is 0 Å². The largest absolute Gasteiger partial charge is 0.493 e. The second kappa shape index (κ2) is 13.1. The summed E-state index contributed by atoms with van der Waals surface area (Å²) in [4.78, 5) is 15.0. The van der Waals surface area contributed by atoms with Gasteiger partial charge < -0.3 is 19.1 Å². The Hall–Kier alpha value is -2.53. The van der Waals surface area contributed by atoms with Crippen molar-refractivity contribution in [2.45, 2.75) is 57.4 Å². The molecule has 0 aromatic heterocycles. The highest BCUT2D eigenvalue weighted by Crippen LogP contribution is 2.29. The quantitative estimate of drug-likeness (QED) is 0.434. The molecule has 0 bridgehead atoms. The Morgan fingerprint density at radius 3 is 2.53 bits per heavy atom. The Morgan fingerprint density at radius 1 is 0.938 bits per heavy atom. The highest BCUT2D eigenvalue weighted by atomic mass is 16.5. The van der Waals surface area contributed by atoms with E-state index < -0.39 is 0 Å². The molecule has 0 saturated carbocycles. The molecule has 0 N–H and O–H groups in total. The van der Waals surface area contributed by atoms with Crippen molar-refractivity contribution in [3.63, 3.8) is 0 Å². The predicted octanol–water partition coefficient (Wildman–Crippen LogP) is 5.06. The normalized spacial score (nSPS) is 16.1. The van der Waals surface area contributed by atoms with Crippen LogP contribution in [0.1, 0.15) is 49.7 Å². The first-order valence-corrected chi connectivity index (χ1v) is 11.8. The molecule has 1 fully saturated rings. The van der Waals surface area contributed by atoms with Crippen LogP contribution < -0.4 is 9.47 Å². The average Bonchev–Trinajstić information content (AvgIpc) is 2.85. The Morgan fingerprint density at radius 2 is 1.75 bits per heavy atom. The summed E-state index contributed by atoms with van der Waals surface area (Å²) in [7, 11) is 3.31. The summed E-state index contributed by atoms with van der Waals surface area (Å²) < 4.78 is 16.5. The lowest BCUT2D eigenvalue weighted by molar-refractivity contribution is -0.135. The Labute approximate surface area is 192 Å². The maximum Gasteiger partial charge on any atom is 0.222 e. The number of benzene rings is 2. The van der Waals surface area contributed by atoms with Crippen LogP contribution >= 0.6 is 0 Å². The van der Waals surface area contributed by atoms with Gasteiger partial charge in [0, 0.05) is 25.6 Å². The van der Waals surface area contributed by atoms with E-state index in [0.717, 1.165) is 56.6 Å². The summed E-state index contributed by atoms with van der Waals surface area (Å²) in [5.41, 5.74) is 2.50. The van der Waals surface area contributed by atoms with Crippen LogP contribution in [0.4, 0.5) is 0 Å². The highest BCUT2D eigenvalue weighted by molar-refractivity contribution is 5.76. The molecule has 2 aromatic carbocycles. The second-order valence-corrected chi connectivity index (χ2v) is 8.42. The second-order valence-electron chi connectivity index (χ2n) is 8.42. The van der Waals surface area contributed by atoms with Crippen LogP contribution in [-0.4, -0.2) is 50.8 Å². The molecule has 1 heterocycles. The van der Waals surface area contributed by atoms with Crippen molar-refractivity contribution >= 4 is 5.91 Å². The maximum absolute atomic E-state index is 12.9. The molecule has 1 atom stereocenters. The molecule has 174 valence electrons. The number of methoxy groups -OCH3 is 2. The van der Waals surface area contributed by atoms with E-state index in [9.17, 15) is 4.79 Å². The summed E-state index contributed by atoms with van der Waals surface area (Å²) in [5, 5.41) is 0. The van der Waals surface area contributed by atoms with Gasteiger partial charge in [0.2, 0.25) is 5.91 Å². The van der Waals surface area contributed by atoms with E-state index in [4.69, 9.17) is 14.2 Å². The summed E-state index contributed by atoms with van der Waals surface area (Å²) in [6, 6.07) is 16.8. The first kappa shape index (κ1) is 24.1. The molecule has 5 nitrogen and oxygen atoms in total. The van der Waals surface area contributed by atoms with Crippen LogP contribution in [0.3, 0.4) is 0 Å². The number of carbonyl (C=O) groups is 1. The predicted molar refractivity (Wildman–Crippen MR) is 127 cm³/mol. The zero-order chi connectivity index (χ0) is 22.6. The first-order chi connectivity index (χ1) is 15.7. The van der Waals surface area contributed by atoms with E-state index in [0.29, 0.717) is 25.7 Å². The van der Waals surface area contributed by atoms with Gasteiger partial charge in [-0.3, -0.25) is 4.79 Å². The number of hydrogen-bond donors (Lipinski definition) is 0. The van der Waals surface area contributed by atoms with Crippen LogP contribution in [0.5, 0.6) is 11.5 Å². The fraction of sp³-hybridized carbons (Fsp3) is 0.519. The monoisotopic (exact) mass is 439 g/mol. The molecular weight excluding hydrogens is 402 g/mol. The van der Waals surface area contributed by atoms with Gasteiger partial charge in [0.1, 0.15) is 0 Å². The van der Waals surface area contributed by atoms with Crippen molar-refractivity contribution in [3.05, 3.63) is 59.7 Å². The molecule has 0 aliphatic carbocycles. The number of amides is 1. The van der Waals surface area contributed by atoms with Crippen molar-refractivity contribution in [3.8, 4) is 11.5 Å². The van der Waals surface area contributed by atoms with Gasteiger partial charge in [0.15, 0.2) is 11.5 Å². The lowest BCUT2D eigenvalue weighted by Crippen LogP contribution is -2.44. The van der Waals surface area contributed by atoms with Gasteiger partial charge in [-0.2, -0.15) is 0 Å². The van der Waals surface area contributed by atoms with Gasteiger partial charge in [0.05, 0.1) is 20.8 Å². The molecule has 3 rings (SSSR count). The van der Waals surface area contributed by atoms with Crippen molar-refractivity contribution in [2.24, 2.45) is 0 Å². The summed E-state index contributed by atoms with van der Waals surface area (Å²) >= 11 is 0. The summed E-state index contributed by atoms with van der Waals surface area (Å²) in [5.74, 6) is 1.78. The maximum atomic E-state index is 12.9. The van der Waals surface area contributed by atoms with Gasteiger partial charge in [-0.05, 0) is 68.2 Å². The highest BCUT2D eigenvalue weighted by Gasteiger charge is 2.26. The minimum atomic E-state index is 0.272. The van der Waals surface area contributed by atoms with E-state index in [-0.39, 0.29) is 5.91 Å². The van der Waals surface area contributed by atoms with Crippen molar-refractivity contribution in [1.29, 1.82) is 0 Å². The van der Waals surface area contributed by atoms with Crippen molar-refractivity contribution < 1.29 is 19.0 Å². The molecule has 1 aliphatic heterocycles. The lowest BCUT2D eigenvalue weighted by atomic mass is 9.95. The van der Waals surface area contributed by atoms with Crippen molar-refractivity contribution in [2.75, 3.05) is 34.0 Å². The van der Waals surface area contributed by atoms with Crippen LogP contribution in [0.2, 0.25) is 0 Å². The van der Waals surface area contributed by atoms with Crippen LogP contribution in [-0.2, 0) is 22.4 Å². The molecule has 1 aliphatic rings. The van der Waals surface area contributed by atoms with E-state index in [1.54, 1.807) is 14.2 Å². The number of likely N-dealkylation sites (tertiary alicyclic amines) is 1. The topological polar surface area (TPSA) is 48.0 Å². The van der Waals surface area contributed by atoms with E-state index >= 15 is 0 Å². The first-order valence-electron chi connectivity index (χ1n) is 11.8. The third kappa shape index (κ3) is 7.27. The van der Waals surface area contributed by atoms with E-state index in [1.165, 1.54) is 17.5 Å². The molecule has 0 spiro atoms. The Kier molecular flexibility index (Phi) is 9.89. The summed E-state index contributed by atoms with van der Waals surface area (Å²) in [6.07, 6.45) is 7.57. The number of rotatable bonds is 12. The Balaban J connectivity index is 1.40. The van der Waals surface area contributed by atoms with Crippen LogP contribution in [0.25, 0.3) is 0 Å². The zero-order valence-electron chi connectivity index (χ0n) is 19.6. The SMILES string of the molecule is COc1ccc(CCC2CCCCN2C(=O)CCCOCCc2ccccc2)cc1OC. The zero-order valence-corrected chi connectivity index (χ0v) is 19.6. The molecule has 2 aromatic rings. The molecule has 1 amide bonds. The van der Waals surface area contributed by atoms with E-state index in [2.05, 4.69) is 23.1 Å². The van der Waals surface area contributed by atoms with Gasteiger partial charge in [0.25, 0.3) is 0 Å². The summed E-state index contributed by atoms with van der Waals surface area (Å²) in [6.45, 7) is 2.23. The number of ether oxygens (including phenoxy) is 3. The van der Waals surface area contributed by atoms with Gasteiger partial charge in [-0.25, -0.2) is 0 Å². The molecule has 0 radical (unpaired) electrons. The average molecular weight is 440 g/mol. The van der Waals surface area contributed by atoms with Crippen LogP contribution in [0.15, 0.2) is 48.5 Å². The third-order valence-corrected chi connectivity index (χ3v) is 6.22.